The highest BCUT2D eigenvalue weighted by Gasteiger charge is 2.04. The summed E-state index contributed by atoms with van der Waals surface area (Å²) in [5.41, 5.74) is 2.05. The Morgan fingerprint density at radius 1 is 1.47 bits per heavy atom. The monoisotopic (exact) mass is 202 g/mol. The van der Waals surface area contributed by atoms with Crippen molar-refractivity contribution in [2.75, 3.05) is 0 Å². The summed E-state index contributed by atoms with van der Waals surface area (Å²) in [6, 6.07) is 6.67. The van der Waals surface area contributed by atoms with Crippen LogP contribution in [0.3, 0.4) is 0 Å². The number of benzene rings is 1. The van der Waals surface area contributed by atoms with Gasteiger partial charge in [0.15, 0.2) is 0 Å². The van der Waals surface area contributed by atoms with Gasteiger partial charge in [-0.2, -0.15) is 5.10 Å². The van der Waals surface area contributed by atoms with Crippen LogP contribution in [-0.4, -0.2) is 20.9 Å². The topological polar surface area (TPSA) is 55.1 Å². The van der Waals surface area contributed by atoms with E-state index in [9.17, 15) is 4.79 Å². The molecule has 1 aromatic carbocycles. The molecule has 1 heterocycles. The second-order valence-corrected chi connectivity index (χ2v) is 3.32. The maximum atomic E-state index is 10.8. The van der Waals surface area contributed by atoms with Crippen LogP contribution in [0.15, 0.2) is 36.7 Å². The molecular weight excluding hydrogens is 192 g/mol. The number of aromatic nitrogens is 2. The van der Waals surface area contributed by atoms with Crippen LogP contribution in [0.2, 0.25) is 0 Å². The lowest BCUT2D eigenvalue weighted by atomic mass is 10.2. The molecule has 2 rings (SSSR count). The van der Waals surface area contributed by atoms with Crippen LogP contribution >= 0.6 is 0 Å². The van der Waals surface area contributed by atoms with Crippen molar-refractivity contribution in [2.24, 2.45) is 0 Å². The molecule has 4 heteroatoms. The highest BCUT2D eigenvalue weighted by atomic mass is 16.4. The van der Waals surface area contributed by atoms with Gasteiger partial charge in [0.25, 0.3) is 0 Å². The zero-order valence-corrected chi connectivity index (χ0v) is 8.21. The number of aryl methyl sites for hydroxylation is 1. The zero-order chi connectivity index (χ0) is 10.8. The van der Waals surface area contributed by atoms with Crippen molar-refractivity contribution in [2.45, 2.75) is 6.92 Å². The molecule has 1 N–H and O–H groups in total. The van der Waals surface area contributed by atoms with E-state index in [1.807, 2.05) is 19.2 Å². The minimum Gasteiger partial charge on any atom is -0.478 e. The lowest BCUT2D eigenvalue weighted by Gasteiger charge is -2.01. The van der Waals surface area contributed by atoms with E-state index in [0.29, 0.717) is 0 Å². The third-order valence-corrected chi connectivity index (χ3v) is 2.07. The van der Waals surface area contributed by atoms with Gasteiger partial charge >= 0.3 is 5.97 Å². The first kappa shape index (κ1) is 9.45. The van der Waals surface area contributed by atoms with Gasteiger partial charge in [0.05, 0.1) is 17.4 Å². The van der Waals surface area contributed by atoms with E-state index in [-0.39, 0.29) is 5.56 Å². The predicted octanol–water partition coefficient (Wildman–Crippen LogP) is 1.88. The van der Waals surface area contributed by atoms with Crippen LogP contribution in [-0.2, 0) is 0 Å². The predicted molar refractivity (Wildman–Crippen MR) is 55.3 cm³/mol. The second kappa shape index (κ2) is 3.57. The van der Waals surface area contributed by atoms with Crippen molar-refractivity contribution < 1.29 is 9.90 Å². The van der Waals surface area contributed by atoms with Crippen LogP contribution in [0.1, 0.15) is 15.9 Å². The summed E-state index contributed by atoms with van der Waals surface area (Å²) < 4.78 is 1.65. The lowest BCUT2D eigenvalue weighted by Crippen LogP contribution is -1.99. The number of hydrogen-bond acceptors (Lipinski definition) is 2. The summed E-state index contributed by atoms with van der Waals surface area (Å²) in [6.45, 7) is 1.94. The Balaban J connectivity index is 2.45. The van der Waals surface area contributed by atoms with E-state index in [0.717, 1.165) is 11.3 Å². The Morgan fingerprint density at radius 3 is 2.87 bits per heavy atom. The van der Waals surface area contributed by atoms with Crippen LogP contribution in [0.5, 0.6) is 0 Å². The van der Waals surface area contributed by atoms with Crippen molar-refractivity contribution in [3.05, 3.63) is 47.8 Å². The quantitative estimate of drug-likeness (QED) is 0.808. The fraction of sp³-hybridized carbons (Fsp3) is 0.0909. The summed E-state index contributed by atoms with van der Waals surface area (Å²) in [7, 11) is 0. The van der Waals surface area contributed by atoms with Crippen molar-refractivity contribution in [3.8, 4) is 5.69 Å². The van der Waals surface area contributed by atoms with Crippen LogP contribution < -0.4 is 0 Å². The molecule has 4 nitrogen and oxygen atoms in total. The molecular formula is C11H10N2O2. The minimum absolute atomic E-state index is 0.264. The van der Waals surface area contributed by atoms with E-state index in [2.05, 4.69) is 5.10 Å². The summed E-state index contributed by atoms with van der Waals surface area (Å²) >= 11 is 0. The fourth-order valence-electron chi connectivity index (χ4n) is 1.34. The molecule has 0 saturated heterocycles. The van der Waals surface area contributed by atoms with Crippen molar-refractivity contribution in [1.29, 1.82) is 0 Å². The number of aromatic carboxylic acids is 1. The molecule has 15 heavy (non-hydrogen) atoms. The number of carbonyl (C=O) groups is 1. The molecule has 0 atom stereocenters. The van der Waals surface area contributed by atoms with Crippen LogP contribution in [0, 0.1) is 6.92 Å². The van der Waals surface area contributed by atoms with Gasteiger partial charge in [0.1, 0.15) is 0 Å². The molecule has 76 valence electrons. The third kappa shape index (κ3) is 1.88. The first-order chi connectivity index (χ1) is 7.16. The largest absolute Gasteiger partial charge is 0.478 e. The van der Waals surface area contributed by atoms with Gasteiger partial charge in [-0.1, -0.05) is 6.07 Å². The highest BCUT2D eigenvalue weighted by Crippen LogP contribution is 2.10. The standard InChI is InChI=1S/C11H10N2O2/c1-8-6-12-13(7-8)10-4-2-3-9(5-10)11(14)15/h2-7H,1H3,(H,14,15). The maximum absolute atomic E-state index is 10.8. The van der Waals surface area contributed by atoms with Gasteiger partial charge in [-0.15, -0.1) is 0 Å². The molecule has 0 aliphatic heterocycles. The van der Waals surface area contributed by atoms with Gasteiger partial charge in [0, 0.05) is 6.20 Å². The Hall–Kier alpha value is -2.10. The summed E-state index contributed by atoms with van der Waals surface area (Å²) in [5, 5.41) is 12.9. The number of rotatable bonds is 2. The number of carboxylic acid groups (broad SMARTS) is 1. The van der Waals surface area contributed by atoms with Crippen LogP contribution in [0.4, 0.5) is 0 Å². The molecule has 0 aliphatic rings. The molecule has 0 radical (unpaired) electrons. The molecule has 2 aromatic rings. The van der Waals surface area contributed by atoms with E-state index < -0.39 is 5.97 Å². The molecule has 0 spiro atoms. The van der Waals surface area contributed by atoms with E-state index >= 15 is 0 Å². The summed E-state index contributed by atoms with van der Waals surface area (Å²) in [6.07, 6.45) is 3.58. The molecule has 0 aliphatic carbocycles. The molecule has 0 fully saturated rings. The van der Waals surface area contributed by atoms with Crippen molar-refractivity contribution in [1.82, 2.24) is 9.78 Å². The Morgan fingerprint density at radius 2 is 2.27 bits per heavy atom. The van der Waals surface area contributed by atoms with Crippen molar-refractivity contribution in [3.63, 3.8) is 0 Å². The summed E-state index contributed by atoms with van der Waals surface area (Å²) in [4.78, 5) is 10.8. The zero-order valence-electron chi connectivity index (χ0n) is 8.21. The molecule has 0 bridgehead atoms. The second-order valence-electron chi connectivity index (χ2n) is 3.32. The average molecular weight is 202 g/mol. The highest BCUT2D eigenvalue weighted by molar-refractivity contribution is 5.88. The molecule has 0 amide bonds. The minimum atomic E-state index is -0.930. The fourth-order valence-corrected chi connectivity index (χ4v) is 1.34. The van der Waals surface area contributed by atoms with Gasteiger partial charge in [-0.05, 0) is 30.7 Å². The van der Waals surface area contributed by atoms with E-state index in [4.69, 9.17) is 5.11 Å². The first-order valence-electron chi connectivity index (χ1n) is 4.52. The number of nitrogens with zero attached hydrogens (tertiary/aromatic N) is 2. The van der Waals surface area contributed by atoms with E-state index in [1.165, 1.54) is 0 Å². The third-order valence-electron chi connectivity index (χ3n) is 2.07. The Kier molecular flexibility index (Phi) is 2.25. The van der Waals surface area contributed by atoms with Crippen molar-refractivity contribution >= 4 is 5.97 Å². The maximum Gasteiger partial charge on any atom is 0.335 e. The Labute approximate surface area is 86.8 Å². The molecule has 1 aromatic heterocycles. The van der Waals surface area contributed by atoms with Gasteiger partial charge in [-0.3, -0.25) is 0 Å². The molecule has 0 unspecified atom stereocenters. The van der Waals surface area contributed by atoms with Gasteiger partial charge < -0.3 is 5.11 Å². The van der Waals surface area contributed by atoms with Crippen LogP contribution in [0.25, 0.3) is 5.69 Å². The SMILES string of the molecule is Cc1cnn(-c2cccc(C(=O)O)c2)c1. The average Bonchev–Trinajstić information content (AvgIpc) is 2.65. The smallest absolute Gasteiger partial charge is 0.335 e. The Bertz CT molecular complexity index is 503. The van der Waals surface area contributed by atoms with Gasteiger partial charge in [0.2, 0.25) is 0 Å². The number of hydrogen-bond donors (Lipinski definition) is 1. The summed E-state index contributed by atoms with van der Waals surface area (Å²) in [5.74, 6) is -0.930. The normalized spacial score (nSPS) is 10.2. The van der Waals surface area contributed by atoms with E-state index in [1.54, 1.807) is 29.1 Å². The van der Waals surface area contributed by atoms with Gasteiger partial charge in [-0.25, -0.2) is 9.48 Å². The first-order valence-corrected chi connectivity index (χ1v) is 4.52. The number of carboxylic acids is 1. The molecule has 0 saturated carbocycles. The lowest BCUT2D eigenvalue weighted by molar-refractivity contribution is 0.0697.